The summed E-state index contributed by atoms with van der Waals surface area (Å²) in [4.78, 5) is 24.7. The number of hydrogen-bond acceptors (Lipinski definition) is 5. The van der Waals surface area contributed by atoms with Crippen LogP contribution in [0.5, 0.6) is 0 Å². The first kappa shape index (κ1) is 86.3. The van der Waals surface area contributed by atoms with Gasteiger partial charge in [0.2, 0.25) is 5.91 Å². The van der Waals surface area contributed by atoms with Gasteiger partial charge in [0.1, 0.15) is 0 Å². The third-order valence-electron chi connectivity index (χ3n) is 19.2. The summed E-state index contributed by atoms with van der Waals surface area (Å²) in [7, 11) is 0. The first-order chi connectivity index (χ1) is 43.5. The van der Waals surface area contributed by atoms with E-state index in [1.165, 1.54) is 392 Å². The maximum absolute atomic E-state index is 12.6. The predicted octanol–water partition coefficient (Wildman–Crippen LogP) is 26.8. The van der Waals surface area contributed by atoms with E-state index in [0.717, 1.165) is 44.9 Å². The van der Waals surface area contributed by atoms with Crippen LogP contribution in [0.25, 0.3) is 0 Å². The Hall–Kier alpha value is -1.66. The van der Waals surface area contributed by atoms with Crippen LogP contribution in [0.3, 0.4) is 0 Å². The first-order valence-electron chi connectivity index (χ1n) is 40.6. The quantitative estimate of drug-likeness (QED) is 0.0320. The molecule has 6 heteroatoms. The van der Waals surface area contributed by atoms with Crippen molar-refractivity contribution in [2.24, 2.45) is 0 Å². The zero-order chi connectivity index (χ0) is 63.5. The van der Waals surface area contributed by atoms with E-state index in [1.54, 1.807) is 6.08 Å². The molecule has 0 radical (unpaired) electrons. The average Bonchev–Trinajstić information content (AvgIpc) is 3.57. The molecular weight excluding hydrogens is 1080 g/mol. The van der Waals surface area contributed by atoms with Crippen molar-refractivity contribution in [1.29, 1.82) is 0 Å². The van der Waals surface area contributed by atoms with Crippen molar-refractivity contribution < 1.29 is 24.5 Å². The highest BCUT2D eigenvalue weighted by Crippen LogP contribution is 2.20. The second kappa shape index (κ2) is 77.8. The highest BCUT2D eigenvalue weighted by Gasteiger charge is 2.18. The molecule has 0 aromatic rings. The van der Waals surface area contributed by atoms with Gasteiger partial charge in [0.05, 0.1) is 25.4 Å². The number of aliphatic hydroxyl groups excluding tert-OH is 2. The van der Waals surface area contributed by atoms with Gasteiger partial charge in [-0.15, -0.1) is 0 Å². The number of unbranched alkanes of at least 4 members (excludes halogenated alkanes) is 64. The minimum absolute atomic E-state index is 0.0141. The number of esters is 1. The van der Waals surface area contributed by atoms with E-state index >= 15 is 0 Å². The SMILES string of the molecule is CCCCCCCCC/C=C\CCCCCCCC(=O)OCCCCCCCCCCCCCCCCCCCCCCCCCCCCCCCCCC(=O)NC(CO)C(O)/C=C/CCCCCCCCCCCCCCCCCCCCCCCC. The monoisotopic (exact) mass is 1240 g/mol. The fraction of sp³-hybridized carbons (Fsp3) is 0.927. The van der Waals surface area contributed by atoms with Gasteiger partial charge in [-0.3, -0.25) is 9.59 Å². The molecule has 0 fully saturated rings. The zero-order valence-corrected chi connectivity index (χ0v) is 60.0. The van der Waals surface area contributed by atoms with E-state index in [0.29, 0.717) is 19.4 Å². The summed E-state index contributed by atoms with van der Waals surface area (Å²) < 4.78 is 5.50. The molecule has 0 rings (SSSR count). The molecule has 0 aliphatic rings. The Kier molecular flexibility index (Phi) is 76.3. The molecule has 0 aromatic carbocycles. The molecule has 88 heavy (non-hydrogen) atoms. The van der Waals surface area contributed by atoms with Crippen molar-refractivity contribution in [2.75, 3.05) is 13.2 Å². The molecule has 6 nitrogen and oxygen atoms in total. The molecule has 0 saturated heterocycles. The second-order valence-corrected chi connectivity index (χ2v) is 28.1. The lowest BCUT2D eigenvalue weighted by Crippen LogP contribution is -2.45. The largest absolute Gasteiger partial charge is 0.466 e. The highest BCUT2D eigenvalue weighted by atomic mass is 16.5. The van der Waals surface area contributed by atoms with Gasteiger partial charge in [0.15, 0.2) is 0 Å². The lowest BCUT2D eigenvalue weighted by atomic mass is 10.0. The standard InChI is InChI=1S/C82H159NO5/c1-3-5-7-9-11-13-15-17-19-21-22-23-24-34-37-40-43-46-50-54-58-62-66-70-74-80(85)79(78-84)83-81(86)75-71-67-63-59-55-51-47-44-41-38-35-32-30-28-26-25-27-29-31-33-36-39-42-45-49-53-57-61-65-69-73-77-88-82(87)76-72-68-64-60-56-52-48-20-18-16-14-12-10-8-6-4-2/h20,48,70,74,79-80,84-85H,3-19,21-47,49-69,71-73,75-78H2,1-2H3,(H,83,86)/b48-20-,74-70+. The Morgan fingerprint density at radius 1 is 0.307 bits per heavy atom. The Morgan fingerprint density at radius 2 is 0.534 bits per heavy atom. The zero-order valence-electron chi connectivity index (χ0n) is 60.0. The fourth-order valence-electron chi connectivity index (χ4n) is 13.0. The third-order valence-corrected chi connectivity index (χ3v) is 19.2. The van der Waals surface area contributed by atoms with Crippen molar-refractivity contribution >= 4 is 11.9 Å². The van der Waals surface area contributed by atoms with Crippen LogP contribution in [0.15, 0.2) is 24.3 Å². The van der Waals surface area contributed by atoms with Crippen molar-refractivity contribution in [3.05, 3.63) is 24.3 Å². The summed E-state index contributed by atoms with van der Waals surface area (Å²) in [5.41, 5.74) is 0. The number of carbonyl (C=O) groups is 2. The lowest BCUT2D eigenvalue weighted by Gasteiger charge is -2.20. The molecule has 0 aliphatic heterocycles. The van der Waals surface area contributed by atoms with Gasteiger partial charge in [-0.1, -0.05) is 417 Å². The molecule has 0 heterocycles. The molecule has 3 N–H and O–H groups in total. The number of allylic oxidation sites excluding steroid dienone is 3. The van der Waals surface area contributed by atoms with Crippen LogP contribution >= 0.6 is 0 Å². The van der Waals surface area contributed by atoms with E-state index in [-0.39, 0.29) is 18.5 Å². The fourth-order valence-corrected chi connectivity index (χ4v) is 13.0. The number of amides is 1. The molecule has 2 atom stereocenters. The van der Waals surface area contributed by atoms with Crippen LogP contribution in [-0.2, 0) is 14.3 Å². The van der Waals surface area contributed by atoms with Crippen molar-refractivity contribution in [1.82, 2.24) is 5.32 Å². The van der Waals surface area contributed by atoms with Crippen molar-refractivity contribution in [2.45, 2.75) is 475 Å². The van der Waals surface area contributed by atoms with Crippen molar-refractivity contribution in [3.8, 4) is 0 Å². The Balaban J connectivity index is 3.35. The maximum atomic E-state index is 12.6. The third kappa shape index (κ3) is 73.4. The van der Waals surface area contributed by atoms with Gasteiger partial charge in [-0.05, 0) is 57.8 Å². The van der Waals surface area contributed by atoms with E-state index in [2.05, 4.69) is 31.3 Å². The van der Waals surface area contributed by atoms with Gasteiger partial charge in [0, 0.05) is 12.8 Å². The highest BCUT2D eigenvalue weighted by molar-refractivity contribution is 5.76. The molecule has 0 spiro atoms. The van der Waals surface area contributed by atoms with Gasteiger partial charge >= 0.3 is 5.97 Å². The van der Waals surface area contributed by atoms with Gasteiger partial charge in [-0.2, -0.15) is 0 Å². The molecule has 1 amide bonds. The summed E-state index contributed by atoms with van der Waals surface area (Å²) in [5.74, 6) is -0.0442. The van der Waals surface area contributed by atoms with Gasteiger partial charge < -0.3 is 20.3 Å². The molecule has 2 unspecified atom stereocenters. The molecule has 522 valence electrons. The van der Waals surface area contributed by atoms with Crippen LogP contribution in [0.2, 0.25) is 0 Å². The second-order valence-electron chi connectivity index (χ2n) is 28.1. The van der Waals surface area contributed by atoms with Gasteiger partial charge in [-0.25, -0.2) is 0 Å². The topological polar surface area (TPSA) is 95.9 Å². The Morgan fingerprint density at radius 3 is 0.807 bits per heavy atom. The smallest absolute Gasteiger partial charge is 0.305 e. The Bertz CT molecular complexity index is 1380. The molecule has 0 aliphatic carbocycles. The summed E-state index contributed by atoms with van der Waals surface area (Å²) in [6.45, 7) is 4.95. The predicted molar refractivity (Wildman–Crippen MR) is 389 cm³/mol. The molecule has 0 aromatic heterocycles. The number of hydrogen-bond donors (Lipinski definition) is 3. The van der Waals surface area contributed by atoms with Crippen molar-refractivity contribution in [3.63, 3.8) is 0 Å². The molecule has 0 saturated carbocycles. The van der Waals surface area contributed by atoms with E-state index in [1.807, 2.05) is 6.08 Å². The summed E-state index contributed by atoms with van der Waals surface area (Å²) in [6, 6.07) is -0.626. The van der Waals surface area contributed by atoms with E-state index in [9.17, 15) is 19.8 Å². The van der Waals surface area contributed by atoms with Crippen LogP contribution in [0.1, 0.15) is 463 Å². The number of carbonyl (C=O) groups excluding carboxylic acids is 2. The summed E-state index contributed by atoms with van der Waals surface area (Å²) in [5, 5.41) is 23.3. The molecule has 0 bridgehead atoms. The number of aliphatic hydroxyl groups is 2. The molecular formula is C82H159NO5. The lowest BCUT2D eigenvalue weighted by molar-refractivity contribution is -0.143. The summed E-state index contributed by atoms with van der Waals surface area (Å²) in [6.07, 6.45) is 100. The van der Waals surface area contributed by atoms with E-state index < -0.39 is 12.1 Å². The normalized spacial score (nSPS) is 12.5. The van der Waals surface area contributed by atoms with E-state index in [4.69, 9.17) is 4.74 Å². The summed E-state index contributed by atoms with van der Waals surface area (Å²) >= 11 is 0. The van der Waals surface area contributed by atoms with Crippen LogP contribution in [-0.4, -0.2) is 47.4 Å². The van der Waals surface area contributed by atoms with Crippen LogP contribution in [0.4, 0.5) is 0 Å². The van der Waals surface area contributed by atoms with Gasteiger partial charge in [0.25, 0.3) is 0 Å². The average molecular weight is 1240 g/mol. The number of nitrogens with one attached hydrogen (secondary N) is 1. The number of ether oxygens (including phenoxy) is 1. The first-order valence-corrected chi connectivity index (χ1v) is 40.6. The van der Waals surface area contributed by atoms with Crippen LogP contribution in [0, 0.1) is 0 Å². The minimum Gasteiger partial charge on any atom is -0.466 e. The van der Waals surface area contributed by atoms with Crippen LogP contribution < -0.4 is 5.32 Å². The number of rotatable bonds is 77. The maximum Gasteiger partial charge on any atom is 0.305 e. The minimum atomic E-state index is -0.843. The Labute approximate surface area is 551 Å².